The molecule has 0 aliphatic rings. The molecular weight excluding hydrogens is 375 g/mol. The third-order valence-electron chi connectivity index (χ3n) is 3.39. The van der Waals surface area contributed by atoms with Gasteiger partial charge in [0.1, 0.15) is 0 Å². The Hall–Kier alpha value is -2.63. The van der Waals surface area contributed by atoms with Crippen LogP contribution in [0.4, 0.5) is 11.4 Å². The molecule has 0 aromatic heterocycles. The lowest BCUT2D eigenvalue weighted by molar-refractivity contribution is -0.114. The summed E-state index contributed by atoms with van der Waals surface area (Å²) in [5.41, 5.74) is 1.72. The summed E-state index contributed by atoms with van der Waals surface area (Å²) >= 11 is 11.7. The second-order valence-corrected chi connectivity index (χ2v) is 6.44. The Balaban J connectivity index is 2.01. The van der Waals surface area contributed by atoms with Gasteiger partial charge in [0.15, 0.2) is 5.78 Å². The van der Waals surface area contributed by atoms with E-state index in [1.165, 1.54) is 19.9 Å². The summed E-state index contributed by atoms with van der Waals surface area (Å²) in [7, 11) is 0. The quantitative estimate of drug-likeness (QED) is 0.572. The predicted molar refractivity (Wildman–Crippen MR) is 104 cm³/mol. The molecule has 0 spiro atoms. The van der Waals surface area contributed by atoms with Crippen LogP contribution in [0.15, 0.2) is 54.1 Å². The molecule has 0 saturated carbocycles. The number of nitrogens with one attached hydrogen (secondary N) is 2. The molecule has 2 N–H and O–H groups in total. The average Bonchev–Trinajstić information content (AvgIpc) is 2.54. The molecule has 26 heavy (non-hydrogen) atoms. The minimum absolute atomic E-state index is 0.0586. The highest BCUT2D eigenvalue weighted by Crippen LogP contribution is 2.22. The highest BCUT2D eigenvalue weighted by atomic mass is 35.5. The molecular formula is C19H16Cl2N2O3. The predicted octanol–water partition coefficient (Wildman–Crippen LogP) is 4.72. The Bertz CT molecular complexity index is 870. The van der Waals surface area contributed by atoms with Crippen LogP contribution in [0, 0.1) is 0 Å². The zero-order valence-electron chi connectivity index (χ0n) is 14.1. The van der Waals surface area contributed by atoms with E-state index >= 15 is 0 Å². The number of amides is 2. The van der Waals surface area contributed by atoms with E-state index in [-0.39, 0.29) is 11.4 Å². The van der Waals surface area contributed by atoms with Crippen molar-refractivity contribution < 1.29 is 14.4 Å². The number of ketones is 1. The Morgan fingerprint density at radius 1 is 0.846 bits per heavy atom. The van der Waals surface area contributed by atoms with Crippen LogP contribution >= 0.6 is 23.2 Å². The zero-order chi connectivity index (χ0) is 19.3. The summed E-state index contributed by atoms with van der Waals surface area (Å²) in [4.78, 5) is 35.4. The first kappa shape index (κ1) is 19.7. The second-order valence-electron chi connectivity index (χ2n) is 5.56. The van der Waals surface area contributed by atoms with Crippen LogP contribution < -0.4 is 10.6 Å². The second kappa shape index (κ2) is 8.65. The molecule has 0 unspecified atom stereocenters. The fraction of sp³-hybridized carbons (Fsp3) is 0.105. The van der Waals surface area contributed by atoms with Gasteiger partial charge in [-0.05, 0) is 56.3 Å². The van der Waals surface area contributed by atoms with Crippen molar-refractivity contribution in [1.29, 1.82) is 0 Å². The maximum Gasteiger partial charge on any atom is 0.251 e. The van der Waals surface area contributed by atoms with E-state index in [9.17, 15) is 14.4 Å². The topological polar surface area (TPSA) is 75.3 Å². The van der Waals surface area contributed by atoms with Crippen molar-refractivity contribution >= 4 is 52.2 Å². The number of rotatable bonds is 5. The van der Waals surface area contributed by atoms with Crippen LogP contribution in [0.5, 0.6) is 0 Å². The van der Waals surface area contributed by atoms with Gasteiger partial charge in [0.25, 0.3) is 5.91 Å². The summed E-state index contributed by atoms with van der Waals surface area (Å²) in [6.45, 7) is 2.98. The van der Waals surface area contributed by atoms with E-state index in [1.807, 2.05) is 0 Å². The summed E-state index contributed by atoms with van der Waals surface area (Å²) in [6, 6.07) is 11.1. The van der Waals surface area contributed by atoms with E-state index in [0.717, 1.165) is 0 Å². The fourth-order valence-electron chi connectivity index (χ4n) is 2.08. The molecule has 0 aliphatic heterocycles. The molecule has 0 heterocycles. The highest BCUT2D eigenvalue weighted by Gasteiger charge is 2.09. The monoisotopic (exact) mass is 390 g/mol. The number of Topliss-reactive ketones (excluding diaryl/α,β-unsaturated/α-hetero) is 1. The van der Waals surface area contributed by atoms with Crippen LogP contribution in [0.2, 0.25) is 10.0 Å². The Kier molecular flexibility index (Phi) is 6.55. The molecule has 0 aliphatic carbocycles. The Morgan fingerprint density at radius 2 is 1.42 bits per heavy atom. The Labute approximate surface area is 161 Å². The van der Waals surface area contributed by atoms with E-state index in [0.29, 0.717) is 27.0 Å². The fourth-order valence-corrected chi connectivity index (χ4v) is 2.61. The SMILES string of the molecule is CC(=O)c1ccc(NC(=O)/C(C)=C\C(=O)Nc2cc(Cl)cc(Cl)c2)cc1. The average molecular weight is 391 g/mol. The summed E-state index contributed by atoms with van der Waals surface area (Å²) in [5.74, 6) is -0.973. The van der Waals surface area contributed by atoms with Crippen molar-refractivity contribution in [2.75, 3.05) is 10.6 Å². The first-order valence-corrected chi connectivity index (χ1v) is 8.38. The molecule has 134 valence electrons. The standard InChI is InChI=1S/C19H16Cl2N2O3/c1-11(7-18(25)22-17-9-14(20)8-15(21)10-17)19(26)23-16-5-3-13(4-6-16)12(2)24/h3-10H,1-2H3,(H,22,25)(H,23,26)/b11-7-. The van der Waals surface area contributed by atoms with E-state index in [4.69, 9.17) is 23.2 Å². The molecule has 2 aromatic rings. The summed E-state index contributed by atoms with van der Waals surface area (Å²) < 4.78 is 0. The Morgan fingerprint density at radius 3 is 1.96 bits per heavy atom. The van der Waals surface area contributed by atoms with Crippen molar-refractivity contribution in [3.63, 3.8) is 0 Å². The minimum atomic E-state index is -0.483. The number of hydrogen-bond donors (Lipinski definition) is 2. The molecule has 0 saturated heterocycles. The minimum Gasteiger partial charge on any atom is -0.322 e. The first-order chi connectivity index (χ1) is 12.2. The number of carbonyl (C=O) groups excluding carboxylic acids is 3. The zero-order valence-corrected chi connectivity index (χ0v) is 15.6. The van der Waals surface area contributed by atoms with Crippen molar-refractivity contribution in [1.82, 2.24) is 0 Å². The van der Waals surface area contributed by atoms with Crippen molar-refractivity contribution in [3.05, 3.63) is 69.7 Å². The van der Waals surface area contributed by atoms with Crippen LogP contribution in [-0.2, 0) is 9.59 Å². The molecule has 2 rings (SSSR count). The van der Waals surface area contributed by atoms with Crippen LogP contribution in [0.25, 0.3) is 0 Å². The van der Waals surface area contributed by atoms with Gasteiger partial charge in [0.2, 0.25) is 5.91 Å². The molecule has 0 atom stereocenters. The van der Waals surface area contributed by atoms with Crippen LogP contribution in [0.1, 0.15) is 24.2 Å². The normalized spacial score (nSPS) is 11.0. The van der Waals surface area contributed by atoms with Crippen molar-refractivity contribution in [2.24, 2.45) is 0 Å². The van der Waals surface area contributed by atoms with Gasteiger partial charge in [-0.2, -0.15) is 0 Å². The van der Waals surface area contributed by atoms with Crippen molar-refractivity contribution in [3.8, 4) is 0 Å². The van der Waals surface area contributed by atoms with Gasteiger partial charge in [0, 0.05) is 38.6 Å². The summed E-state index contributed by atoms with van der Waals surface area (Å²) in [5, 5.41) is 6.02. The number of benzene rings is 2. The van der Waals surface area contributed by atoms with Gasteiger partial charge in [-0.25, -0.2) is 0 Å². The third-order valence-corrected chi connectivity index (χ3v) is 3.82. The third kappa shape index (κ3) is 5.72. The highest BCUT2D eigenvalue weighted by molar-refractivity contribution is 6.35. The largest absolute Gasteiger partial charge is 0.322 e. The van der Waals surface area contributed by atoms with Gasteiger partial charge in [-0.3, -0.25) is 14.4 Å². The lowest BCUT2D eigenvalue weighted by atomic mass is 10.1. The number of halogens is 2. The van der Waals surface area contributed by atoms with Gasteiger partial charge >= 0.3 is 0 Å². The molecule has 2 aromatic carbocycles. The van der Waals surface area contributed by atoms with Gasteiger partial charge in [-0.15, -0.1) is 0 Å². The molecule has 0 bridgehead atoms. The molecule has 5 nitrogen and oxygen atoms in total. The first-order valence-electron chi connectivity index (χ1n) is 7.62. The molecule has 7 heteroatoms. The van der Waals surface area contributed by atoms with E-state index < -0.39 is 11.8 Å². The number of anilines is 2. The summed E-state index contributed by atoms with van der Waals surface area (Å²) in [6.07, 6.45) is 1.17. The van der Waals surface area contributed by atoms with Gasteiger partial charge in [0.05, 0.1) is 0 Å². The van der Waals surface area contributed by atoms with E-state index in [1.54, 1.807) is 42.5 Å². The van der Waals surface area contributed by atoms with Gasteiger partial charge < -0.3 is 10.6 Å². The van der Waals surface area contributed by atoms with Crippen molar-refractivity contribution in [2.45, 2.75) is 13.8 Å². The smallest absolute Gasteiger partial charge is 0.251 e. The van der Waals surface area contributed by atoms with Gasteiger partial charge in [-0.1, -0.05) is 23.2 Å². The lowest BCUT2D eigenvalue weighted by Gasteiger charge is -2.07. The maximum atomic E-state index is 12.2. The van der Waals surface area contributed by atoms with Crippen LogP contribution in [-0.4, -0.2) is 17.6 Å². The van der Waals surface area contributed by atoms with E-state index in [2.05, 4.69) is 10.6 Å². The molecule has 0 fully saturated rings. The molecule has 0 radical (unpaired) electrons. The number of carbonyl (C=O) groups is 3. The maximum absolute atomic E-state index is 12.2. The lowest BCUT2D eigenvalue weighted by Crippen LogP contribution is -2.16. The number of hydrogen-bond acceptors (Lipinski definition) is 3. The molecule has 2 amide bonds. The van der Waals surface area contributed by atoms with Crippen LogP contribution in [0.3, 0.4) is 0 Å².